The third kappa shape index (κ3) is 7.04. The molecule has 1 unspecified atom stereocenters. The maximum atomic E-state index is 14.4. The lowest BCUT2D eigenvalue weighted by atomic mass is 10.0. The molecular formula is C32H39N2O6S+. The van der Waals surface area contributed by atoms with Gasteiger partial charge in [0.2, 0.25) is 6.10 Å². The van der Waals surface area contributed by atoms with Gasteiger partial charge in [-0.1, -0.05) is 24.3 Å². The van der Waals surface area contributed by atoms with Crippen molar-refractivity contribution in [1.29, 1.82) is 0 Å². The first-order valence-electron chi connectivity index (χ1n) is 13.6. The molecule has 1 heterocycles. The number of thioether (sulfide) groups is 1. The van der Waals surface area contributed by atoms with Gasteiger partial charge in [0.25, 0.3) is 0 Å². The summed E-state index contributed by atoms with van der Waals surface area (Å²) in [6.07, 6.45) is -0.165. The summed E-state index contributed by atoms with van der Waals surface area (Å²) in [7, 11) is 8.88. The Morgan fingerprint density at radius 3 is 2.15 bits per heavy atom. The Morgan fingerprint density at radius 1 is 0.902 bits per heavy atom. The fraction of sp³-hybridized carbons (Fsp3) is 0.375. The van der Waals surface area contributed by atoms with E-state index in [1.807, 2.05) is 73.8 Å². The molecule has 41 heavy (non-hydrogen) atoms. The summed E-state index contributed by atoms with van der Waals surface area (Å²) < 4.78 is 22.0. The van der Waals surface area contributed by atoms with E-state index in [-0.39, 0.29) is 10.4 Å². The molecule has 1 aliphatic heterocycles. The van der Waals surface area contributed by atoms with Crippen LogP contribution in [-0.4, -0.2) is 77.9 Å². The zero-order chi connectivity index (χ0) is 29.6. The summed E-state index contributed by atoms with van der Waals surface area (Å²) in [6, 6.07) is 21.4. The van der Waals surface area contributed by atoms with Crippen LogP contribution >= 0.6 is 11.8 Å². The summed E-state index contributed by atoms with van der Waals surface area (Å²) in [5.74, 6) is 1.61. The first-order chi connectivity index (χ1) is 19.7. The van der Waals surface area contributed by atoms with Crippen LogP contribution in [0.2, 0.25) is 0 Å². The van der Waals surface area contributed by atoms with E-state index >= 15 is 0 Å². The third-order valence-corrected chi connectivity index (χ3v) is 8.89. The summed E-state index contributed by atoms with van der Waals surface area (Å²) in [6.45, 7) is 3.30. The van der Waals surface area contributed by atoms with Crippen LogP contribution in [-0.2, 0) is 20.7 Å². The molecule has 0 N–H and O–H groups in total. The molecule has 0 saturated heterocycles. The Hall–Kier alpha value is -3.53. The fourth-order valence-corrected chi connectivity index (χ4v) is 6.47. The van der Waals surface area contributed by atoms with E-state index in [0.29, 0.717) is 13.1 Å². The standard InChI is InChI=1S/C32H39N2O6S/c1-22(35)40-30-31(24-11-13-25(37-4)14-12-24)41-29-10-8-7-9-28(29)34(3,32(30)36)18-17-33(2)16-15-23-19-26(38-5)21-27(20-23)39-6/h7-14,19-21,30-31H,15-18H2,1-6H3/q+1/t30-,31+,34?/m0/s1. The van der Waals surface area contributed by atoms with Crippen molar-refractivity contribution in [2.24, 2.45) is 0 Å². The van der Waals surface area contributed by atoms with Gasteiger partial charge in [-0.2, -0.15) is 0 Å². The minimum absolute atomic E-state index is 0.0189. The number of likely N-dealkylation sites (N-methyl/N-ethyl adjacent to an activating group) is 2. The van der Waals surface area contributed by atoms with Crippen molar-refractivity contribution in [2.75, 3.05) is 55.1 Å². The number of fused-ring (bicyclic) bond motifs is 1. The van der Waals surface area contributed by atoms with Crippen LogP contribution in [0, 0.1) is 0 Å². The average Bonchev–Trinajstić information content (AvgIpc) is 3.08. The van der Waals surface area contributed by atoms with E-state index in [1.54, 1.807) is 33.1 Å². The summed E-state index contributed by atoms with van der Waals surface area (Å²) in [4.78, 5) is 29.9. The number of rotatable bonds is 11. The predicted molar refractivity (Wildman–Crippen MR) is 162 cm³/mol. The van der Waals surface area contributed by atoms with Gasteiger partial charge in [0.05, 0.1) is 38.5 Å². The second-order valence-corrected chi connectivity index (χ2v) is 11.5. The zero-order valence-electron chi connectivity index (χ0n) is 24.6. The van der Waals surface area contributed by atoms with Crippen LogP contribution in [0.3, 0.4) is 0 Å². The van der Waals surface area contributed by atoms with Gasteiger partial charge in [-0.15, -0.1) is 11.8 Å². The quantitative estimate of drug-likeness (QED) is 0.229. The van der Waals surface area contributed by atoms with Gasteiger partial charge in [-0.25, -0.2) is 9.28 Å². The van der Waals surface area contributed by atoms with Gasteiger partial charge in [-0.3, -0.25) is 4.79 Å². The monoisotopic (exact) mass is 579 g/mol. The van der Waals surface area contributed by atoms with Crippen molar-refractivity contribution in [3.8, 4) is 17.2 Å². The lowest BCUT2D eigenvalue weighted by molar-refractivity contribution is -0.157. The summed E-state index contributed by atoms with van der Waals surface area (Å²) in [5.41, 5.74) is 2.91. The normalized spacial score (nSPS) is 20.2. The van der Waals surface area contributed by atoms with Crippen LogP contribution in [0.15, 0.2) is 71.6 Å². The van der Waals surface area contributed by atoms with Crippen molar-refractivity contribution in [2.45, 2.75) is 29.6 Å². The van der Waals surface area contributed by atoms with E-state index in [4.69, 9.17) is 18.9 Å². The van der Waals surface area contributed by atoms with Gasteiger partial charge in [0.1, 0.15) is 23.8 Å². The number of ether oxygens (including phenoxy) is 4. The molecule has 218 valence electrons. The highest BCUT2D eigenvalue weighted by molar-refractivity contribution is 7.99. The number of methoxy groups -OCH3 is 3. The molecule has 0 aliphatic carbocycles. The molecule has 0 aromatic heterocycles. The van der Waals surface area contributed by atoms with Gasteiger partial charge in [0, 0.05) is 32.1 Å². The van der Waals surface area contributed by atoms with E-state index in [2.05, 4.69) is 11.9 Å². The average molecular weight is 580 g/mol. The van der Waals surface area contributed by atoms with Crippen LogP contribution in [0.4, 0.5) is 5.69 Å². The molecule has 0 spiro atoms. The molecular weight excluding hydrogens is 540 g/mol. The molecule has 1 aliphatic rings. The second-order valence-electron chi connectivity index (χ2n) is 10.3. The largest absolute Gasteiger partial charge is 0.497 e. The maximum Gasteiger partial charge on any atom is 0.361 e. The number of para-hydroxylation sites is 1. The van der Waals surface area contributed by atoms with Crippen LogP contribution in [0.25, 0.3) is 0 Å². The molecule has 0 bridgehead atoms. The molecule has 9 heteroatoms. The third-order valence-electron chi connectivity index (χ3n) is 7.52. The van der Waals surface area contributed by atoms with Crippen molar-refractivity contribution in [3.05, 3.63) is 77.9 Å². The van der Waals surface area contributed by atoms with Crippen molar-refractivity contribution in [1.82, 2.24) is 9.38 Å². The maximum absolute atomic E-state index is 14.4. The van der Waals surface area contributed by atoms with Crippen molar-refractivity contribution < 1.29 is 28.5 Å². The highest BCUT2D eigenvalue weighted by Gasteiger charge is 2.50. The number of amides is 1. The Balaban J connectivity index is 1.59. The minimum atomic E-state index is -0.960. The smallest absolute Gasteiger partial charge is 0.361 e. The van der Waals surface area contributed by atoms with E-state index < -0.39 is 17.3 Å². The highest BCUT2D eigenvalue weighted by Crippen LogP contribution is 2.48. The number of esters is 1. The number of benzene rings is 3. The second kappa shape index (κ2) is 13.4. The zero-order valence-corrected chi connectivity index (χ0v) is 25.4. The van der Waals surface area contributed by atoms with Gasteiger partial charge < -0.3 is 23.8 Å². The number of hydrogen-bond acceptors (Lipinski definition) is 8. The molecule has 3 atom stereocenters. The van der Waals surface area contributed by atoms with E-state index in [9.17, 15) is 9.59 Å². The van der Waals surface area contributed by atoms with Gasteiger partial charge in [-0.05, 0) is 54.9 Å². The number of nitrogens with zero attached hydrogens (tertiary/aromatic N) is 2. The first kappa shape index (κ1) is 30.4. The van der Waals surface area contributed by atoms with Crippen LogP contribution in [0.1, 0.15) is 23.3 Å². The minimum Gasteiger partial charge on any atom is -0.497 e. The molecule has 1 amide bonds. The van der Waals surface area contributed by atoms with E-state index in [1.165, 1.54) is 6.92 Å². The summed E-state index contributed by atoms with van der Waals surface area (Å²) >= 11 is 1.56. The van der Waals surface area contributed by atoms with Crippen molar-refractivity contribution in [3.63, 3.8) is 0 Å². The fourth-order valence-electron chi connectivity index (χ4n) is 5.06. The summed E-state index contributed by atoms with van der Waals surface area (Å²) in [5, 5.41) is -0.404. The molecule has 3 aromatic rings. The topological polar surface area (TPSA) is 74.3 Å². The number of hydrogen-bond donors (Lipinski definition) is 0. The molecule has 3 aromatic carbocycles. The number of carbonyl (C=O) groups is 2. The van der Waals surface area contributed by atoms with E-state index in [0.717, 1.165) is 51.9 Å². The van der Waals surface area contributed by atoms with Crippen molar-refractivity contribution >= 4 is 29.3 Å². The highest BCUT2D eigenvalue weighted by atomic mass is 32.2. The SMILES string of the molecule is COc1ccc([C@H]2Sc3ccccc3[N+](C)(CCN(C)CCc3cc(OC)cc(OC)c3)C(=O)[C@H]2OC(C)=O)cc1. The molecule has 0 saturated carbocycles. The van der Waals surface area contributed by atoms with Gasteiger partial charge >= 0.3 is 11.9 Å². The Bertz CT molecular complexity index is 1340. The first-order valence-corrected chi connectivity index (χ1v) is 14.4. The number of quaternary nitrogens is 1. The molecule has 4 rings (SSSR count). The lowest BCUT2D eigenvalue weighted by Gasteiger charge is -2.34. The lowest BCUT2D eigenvalue weighted by Crippen LogP contribution is -2.58. The van der Waals surface area contributed by atoms with Crippen LogP contribution < -0.4 is 18.7 Å². The number of carbonyl (C=O) groups excluding carboxylic acids is 2. The predicted octanol–water partition coefficient (Wildman–Crippen LogP) is 5.13. The Morgan fingerprint density at radius 2 is 1.54 bits per heavy atom. The molecule has 0 fully saturated rings. The van der Waals surface area contributed by atoms with Gasteiger partial charge in [0.15, 0.2) is 5.69 Å². The Labute approximate surface area is 246 Å². The van der Waals surface area contributed by atoms with Crippen LogP contribution in [0.5, 0.6) is 17.2 Å². The molecule has 8 nitrogen and oxygen atoms in total. The molecule has 0 radical (unpaired) electrons. The Kier molecular flexibility index (Phi) is 9.96.